The molecule has 2 aromatic rings. The van der Waals surface area contributed by atoms with Crippen molar-refractivity contribution in [2.75, 3.05) is 32.8 Å². The molecule has 1 fully saturated rings. The second kappa shape index (κ2) is 10.6. The number of nitrogens with two attached hydrogens (primary N) is 1. The number of carbonyl (C=O) groups excluding carboxylic acids is 1. The monoisotopic (exact) mass is 466 g/mol. The van der Waals surface area contributed by atoms with Crippen LogP contribution in [0, 0.1) is 17.8 Å². The highest BCUT2D eigenvalue weighted by atomic mass is 16.5. The van der Waals surface area contributed by atoms with Crippen molar-refractivity contribution in [3.05, 3.63) is 89.0 Å². The molecule has 3 aliphatic rings. The molecule has 2 heterocycles. The van der Waals surface area contributed by atoms with E-state index in [2.05, 4.69) is 47.1 Å². The van der Waals surface area contributed by atoms with Crippen molar-refractivity contribution in [2.24, 2.45) is 11.7 Å². The smallest absolute Gasteiger partial charge is 0.183 e. The molecule has 2 aliphatic heterocycles. The molecule has 4 nitrogen and oxygen atoms in total. The number of carbonyl (C=O) groups is 1. The summed E-state index contributed by atoms with van der Waals surface area (Å²) in [6, 6.07) is 16.8. The lowest BCUT2D eigenvalue weighted by Gasteiger charge is -2.44. The molecule has 4 heteroatoms. The molecule has 5 rings (SSSR count). The largest absolute Gasteiger partial charge is 0.493 e. The Morgan fingerprint density at radius 3 is 2.94 bits per heavy atom. The molecular weight excluding hydrogens is 432 g/mol. The lowest BCUT2D eigenvalue weighted by molar-refractivity contribution is -0.123. The number of allylic oxidation sites excluding steroid dienone is 4. The Hall–Kier alpha value is -3.13. The minimum Gasteiger partial charge on any atom is -0.493 e. The van der Waals surface area contributed by atoms with Crippen LogP contribution in [0.25, 0.3) is 0 Å². The van der Waals surface area contributed by atoms with E-state index in [0.717, 1.165) is 63.2 Å². The van der Waals surface area contributed by atoms with Gasteiger partial charge in [0.1, 0.15) is 5.75 Å². The Balaban J connectivity index is 1.39. The Kier molecular flexibility index (Phi) is 7.18. The van der Waals surface area contributed by atoms with Gasteiger partial charge in [0.15, 0.2) is 5.78 Å². The maximum absolute atomic E-state index is 14.2. The lowest BCUT2D eigenvalue weighted by Crippen LogP contribution is -2.55. The third-order valence-corrected chi connectivity index (χ3v) is 7.78. The van der Waals surface area contributed by atoms with Gasteiger partial charge in [0.2, 0.25) is 0 Å². The molecule has 0 bridgehead atoms. The highest BCUT2D eigenvalue weighted by molar-refractivity contribution is 6.07. The van der Waals surface area contributed by atoms with Crippen LogP contribution in [-0.4, -0.2) is 43.5 Å². The minimum atomic E-state index is -0.774. The molecular formula is C31H34N2O2. The number of hydrogen-bond donors (Lipinski definition) is 1. The number of likely N-dealkylation sites (tertiary alicyclic amines) is 1. The molecule has 180 valence electrons. The fourth-order valence-corrected chi connectivity index (χ4v) is 5.86. The highest BCUT2D eigenvalue weighted by Gasteiger charge is 2.47. The Morgan fingerprint density at radius 1 is 1.20 bits per heavy atom. The number of hydrogen-bond acceptors (Lipinski definition) is 4. The van der Waals surface area contributed by atoms with Crippen LogP contribution in [0.2, 0.25) is 0 Å². The van der Waals surface area contributed by atoms with Gasteiger partial charge in [-0.2, -0.15) is 0 Å². The fraction of sp³-hybridized carbons (Fsp3) is 0.387. The molecule has 1 aliphatic carbocycles. The normalized spacial score (nSPS) is 21.1. The van der Waals surface area contributed by atoms with Crippen molar-refractivity contribution >= 4 is 5.78 Å². The number of piperidine rings is 1. The van der Waals surface area contributed by atoms with E-state index in [0.29, 0.717) is 12.0 Å². The zero-order chi connectivity index (χ0) is 24.1. The molecule has 1 unspecified atom stereocenters. The predicted molar refractivity (Wildman–Crippen MR) is 140 cm³/mol. The van der Waals surface area contributed by atoms with E-state index in [1.165, 1.54) is 11.1 Å². The molecule has 2 atom stereocenters. The van der Waals surface area contributed by atoms with Crippen LogP contribution in [0.3, 0.4) is 0 Å². The van der Waals surface area contributed by atoms with Crippen LogP contribution in [0.1, 0.15) is 36.0 Å². The Bertz CT molecular complexity index is 1190. The topological polar surface area (TPSA) is 55.6 Å². The van der Waals surface area contributed by atoms with Gasteiger partial charge in [0, 0.05) is 32.5 Å². The average Bonchev–Trinajstić information content (AvgIpc) is 3.20. The minimum absolute atomic E-state index is 0.0655. The Morgan fingerprint density at radius 2 is 2.09 bits per heavy atom. The Labute approximate surface area is 208 Å². The van der Waals surface area contributed by atoms with Crippen LogP contribution in [0.5, 0.6) is 5.75 Å². The van der Waals surface area contributed by atoms with Crippen molar-refractivity contribution in [3.8, 4) is 17.6 Å². The first-order valence-electron chi connectivity index (χ1n) is 12.8. The SMILES string of the molecule is NCC(C(=O)C1=CC=CCC#C1)(c1ccccc1)[C@H]1CCCN(CCc2ccc3c(c2)CCO3)C1. The van der Waals surface area contributed by atoms with Crippen LogP contribution >= 0.6 is 0 Å². The third kappa shape index (κ3) is 4.85. The van der Waals surface area contributed by atoms with E-state index in [4.69, 9.17) is 10.5 Å². The first-order valence-corrected chi connectivity index (χ1v) is 12.8. The summed E-state index contributed by atoms with van der Waals surface area (Å²) in [4.78, 5) is 16.7. The number of Topliss-reactive ketones (excluding diaryl/α,β-unsaturated/α-hetero) is 1. The van der Waals surface area contributed by atoms with Gasteiger partial charge in [0.25, 0.3) is 0 Å². The van der Waals surface area contributed by atoms with E-state index in [-0.39, 0.29) is 18.2 Å². The van der Waals surface area contributed by atoms with Crippen molar-refractivity contribution < 1.29 is 9.53 Å². The summed E-state index contributed by atoms with van der Waals surface area (Å²) >= 11 is 0. The number of rotatable bonds is 8. The van der Waals surface area contributed by atoms with Gasteiger partial charge >= 0.3 is 0 Å². The molecule has 0 radical (unpaired) electrons. The molecule has 0 saturated carbocycles. The van der Waals surface area contributed by atoms with Crippen molar-refractivity contribution in [2.45, 2.75) is 37.5 Å². The molecule has 2 N–H and O–H groups in total. The van der Waals surface area contributed by atoms with E-state index >= 15 is 0 Å². The van der Waals surface area contributed by atoms with Gasteiger partial charge < -0.3 is 15.4 Å². The van der Waals surface area contributed by atoms with Gasteiger partial charge in [0.05, 0.1) is 17.6 Å². The molecule has 35 heavy (non-hydrogen) atoms. The summed E-state index contributed by atoms with van der Waals surface area (Å²) in [5.74, 6) is 7.47. The van der Waals surface area contributed by atoms with Crippen molar-refractivity contribution in [1.82, 2.24) is 4.90 Å². The number of nitrogens with zero attached hydrogens (tertiary/aromatic N) is 1. The highest BCUT2D eigenvalue weighted by Crippen LogP contribution is 2.40. The van der Waals surface area contributed by atoms with Crippen LogP contribution in [0.4, 0.5) is 0 Å². The number of benzene rings is 2. The summed E-state index contributed by atoms with van der Waals surface area (Å²) in [6.45, 7) is 3.96. The quantitative estimate of drug-likeness (QED) is 0.592. The first-order chi connectivity index (χ1) is 17.2. The van der Waals surface area contributed by atoms with E-state index in [1.54, 1.807) is 0 Å². The van der Waals surface area contributed by atoms with Gasteiger partial charge in [-0.15, -0.1) is 0 Å². The van der Waals surface area contributed by atoms with Crippen molar-refractivity contribution in [3.63, 3.8) is 0 Å². The maximum Gasteiger partial charge on any atom is 0.183 e. The molecule has 0 aromatic heterocycles. The molecule has 2 aromatic carbocycles. The molecule has 1 saturated heterocycles. The molecule has 0 amide bonds. The summed E-state index contributed by atoms with van der Waals surface area (Å²) in [5, 5.41) is 0. The van der Waals surface area contributed by atoms with Crippen LogP contribution < -0.4 is 10.5 Å². The zero-order valence-electron chi connectivity index (χ0n) is 20.3. The maximum atomic E-state index is 14.2. The molecule has 0 spiro atoms. The second-order valence-corrected chi connectivity index (χ2v) is 9.82. The summed E-state index contributed by atoms with van der Waals surface area (Å²) in [7, 11) is 0. The van der Waals surface area contributed by atoms with E-state index in [1.807, 2.05) is 36.4 Å². The van der Waals surface area contributed by atoms with E-state index < -0.39 is 5.41 Å². The summed E-state index contributed by atoms with van der Waals surface area (Å²) in [5.41, 5.74) is 10.0. The van der Waals surface area contributed by atoms with Crippen LogP contribution in [-0.2, 0) is 23.1 Å². The summed E-state index contributed by atoms with van der Waals surface area (Å²) < 4.78 is 5.66. The third-order valence-electron chi connectivity index (χ3n) is 7.78. The fourth-order valence-electron chi connectivity index (χ4n) is 5.86. The van der Waals surface area contributed by atoms with Gasteiger partial charge in [-0.3, -0.25) is 4.79 Å². The first kappa shape index (κ1) is 23.6. The van der Waals surface area contributed by atoms with Crippen molar-refractivity contribution in [1.29, 1.82) is 0 Å². The number of ketones is 1. The average molecular weight is 467 g/mol. The number of ether oxygens (including phenoxy) is 1. The van der Waals surface area contributed by atoms with E-state index in [9.17, 15) is 4.79 Å². The predicted octanol–water partition coefficient (Wildman–Crippen LogP) is 4.23. The van der Waals surface area contributed by atoms with Gasteiger partial charge in [-0.05, 0) is 60.6 Å². The standard InChI is InChI=1S/C31H34N2O2/c32-23-31(27-11-6-3-7-12-27,30(34)25-9-4-1-2-5-10-25)28-13-8-18-33(22-28)19-16-24-14-15-29-26(21-24)17-20-35-29/h1,3-4,6-7,9,11-12,14-15,21,28H,2,8,13,16-20,22-23,32H2/t28-,31?/m0/s1. The van der Waals surface area contributed by atoms with Gasteiger partial charge in [-0.25, -0.2) is 0 Å². The number of fused-ring (bicyclic) bond motifs is 1. The lowest BCUT2D eigenvalue weighted by atomic mass is 9.63. The zero-order valence-corrected chi connectivity index (χ0v) is 20.3. The second-order valence-electron chi connectivity index (χ2n) is 9.82. The van der Waals surface area contributed by atoms with Gasteiger partial charge in [-0.1, -0.05) is 66.5 Å². The summed E-state index contributed by atoms with van der Waals surface area (Å²) in [6.07, 6.45) is 10.5. The van der Waals surface area contributed by atoms with Crippen LogP contribution in [0.15, 0.2) is 72.3 Å².